The molecule has 2 aromatic rings. The smallest absolute Gasteiger partial charge is 0.243 e. The highest BCUT2D eigenvalue weighted by Crippen LogP contribution is 2.24. The van der Waals surface area contributed by atoms with Gasteiger partial charge in [0, 0.05) is 32.7 Å². The highest BCUT2D eigenvalue weighted by atomic mass is 32.2. The Morgan fingerprint density at radius 3 is 2.39 bits per heavy atom. The molecule has 5 nitrogen and oxygen atoms in total. The van der Waals surface area contributed by atoms with E-state index in [1.807, 2.05) is 25.1 Å². The van der Waals surface area contributed by atoms with Gasteiger partial charge in [0.2, 0.25) is 10.0 Å². The van der Waals surface area contributed by atoms with E-state index in [1.54, 1.807) is 29.6 Å². The highest BCUT2D eigenvalue weighted by molar-refractivity contribution is 7.89. The van der Waals surface area contributed by atoms with Gasteiger partial charge in [0.25, 0.3) is 0 Å². The van der Waals surface area contributed by atoms with Gasteiger partial charge < -0.3 is 9.64 Å². The Morgan fingerprint density at radius 2 is 1.75 bits per heavy atom. The SMILES string of the molecule is COc1ccc(S(=O)(=O)N2CCN(CC/C=C/c3ccccc3)CC2)cc1C. The second-order valence-electron chi connectivity index (χ2n) is 6.98. The number of aryl methyl sites for hydroxylation is 1. The molecule has 1 aliphatic rings. The number of nitrogens with zero attached hydrogens (tertiary/aromatic N) is 2. The lowest BCUT2D eigenvalue weighted by molar-refractivity contribution is 0.191. The van der Waals surface area contributed by atoms with Gasteiger partial charge in [-0.1, -0.05) is 42.5 Å². The molecule has 1 aliphatic heterocycles. The summed E-state index contributed by atoms with van der Waals surface area (Å²) in [6, 6.07) is 15.3. The van der Waals surface area contributed by atoms with Crippen molar-refractivity contribution in [1.29, 1.82) is 0 Å². The van der Waals surface area contributed by atoms with E-state index in [4.69, 9.17) is 4.74 Å². The van der Waals surface area contributed by atoms with Crippen molar-refractivity contribution >= 4 is 16.1 Å². The van der Waals surface area contributed by atoms with Gasteiger partial charge in [0.15, 0.2) is 0 Å². The van der Waals surface area contributed by atoms with Crippen LogP contribution in [0.3, 0.4) is 0 Å². The molecule has 0 bridgehead atoms. The molecule has 150 valence electrons. The maximum absolute atomic E-state index is 12.9. The summed E-state index contributed by atoms with van der Waals surface area (Å²) in [5, 5.41) is 0. The van der Waals surface area contributed by atoms with Gasteiger partial charge in [0.1, 0.15) is 5.75 Å². The van der Waals surface area contributed by atoms with Crippen LogP contribution in [-0.2, 0) is 10.0 Å². The molecule has 0 spiro atoms. The molecule has 0 unspecified atom stereocenters. The van der Waals surface area contributed by atoms with E-state index in [-0.39, 0.29) is 0 Å². The van der Waals surface area contributed by atoms with Crippen LogP contribution < -0.4 is 4.74 Å². The maximum Gasteiger partial charge on any atom is 0.243 e. The summed E-state index contributed by atoms with van der Waals surface area (Å²) < 4.78 is 32.7. The van der Waals surface area contributed by atoms with Crippen LogP contribution in [0.4, 0.5) is 0 Å². The molecular formula is C22H28N2O3S. The van der Waals surface area contributed by atoms with Gasteiger partial charge in [-0.15, -0.1) is 0 Å². The number of piperazine rings is 1. The van der Waals surface area contributed by atoms with E-state index < -0.39 is 10.0 Å². The fraction of sp³-hybridized carbons (Fsp3) is 0.364. The molecule has 0 aliphatic carbocycles. The molecule has 2 aromatic carbocycles. The zero-order valence-corrected chi connectivity index (χ0v) is 17.4. The Balaban J connectivity index is 1.51. The minimum atomic E-state index is -3.46. The standard InChI is InChI=1S/C22H28N2O3S/c1-19-18-21(11-12-22(19)27-2)28(25,26)24-16-14-23(15-17-24)13-7-6-10-20-8-4-3-5-9-20/h3-6,8-12,18H,7,13-17H2,1-2H3/b10-6+. The Morgan fingerprint density at radius 1 is 1.04 bits per heavy atom. The Bertz CT molecular complexity index is 903. The predicted molar refractivity (Wildman–Crippen MR) is 113 cm³/mol. The molecule has 0 saturated carbocycles. The zero-order valence-electron chi connectivity index (χ0n) is 16.5. The average molecular weight is 401 g/mol. The molecule has 6 heteroatoms. The van der Waals surface area contributed by atoms with Crippen molar-refractivity contribution in [1.82, 2.24) is 9.21 Å². The predicted octanol–water partition coefficient (Wildman–Crippen LogP) is 3.41. The van der Waals surface area contributed by atoms with Crippen LogP contribution in [0.5, 0.6) is 5.75 Å². The minimum Gasteiger partial charge on any atom is -0.496 e. The lowest BCUT2D eigenvalue weighted by Gasteiger charge is -2.33. The van der Waals surface area contributed by atoms with Gasteiger partial charge in [-0.2, -0.15) is 4.31 Å². The van der Waals surface area contributed by atoms with Crippen LogP contribution in [0.2, 0.25) is 0 Å². The largest absolute Gasteiger partial charge is 0.496 e. The number of rotatable bonds is 7. The van der Waals surface area contributed by atoms with E-state index in [0.29, 0.717) is 23.7 Å². The molecule has 0 N–H and O–H groups in total. The minimum absolute atomic E-state index is 0.338. The summed E-state index contributed by atoms with van der Waals surface area (Å²) in [5.74, 6) is 0.701. The molecule has 28 heavy (non-hydrogen) atoms. The van der Waals surface area contributed by atoms with Crippen molar-refractivity contribution in [2.75, 3.05) is 39.8 Å². The third-order valence-electron chi connectivity index (χ3n) is 5.06. The van der Waals surface area contributed by atoms with Crippen molar-refractivity contribution in [2.24, 2.45) is 0 Å². The molecule has 3 rings (SSSR count). The third kappa shape index (κ3) is 5.01. The first-order valence-electron chi connectivity index (χ1n) is 9.59. The fourth-order valence-corrected chi connectivity index (χ4v) is 4.90. The molecule has 0 radical (unpaired) electrons. The van der Waals surface area contributed by atoms with Gasteiger partial charge in [0.05, 0.1) is 12.0 Å². The lowest BCUT2D eigenvalue weighted by Crippen LogP contribution is -2.48. The van der Waals surface area contributed by atoms with Crippen molar-refractivity contribution in [3.63, 3.8) is 0 Å². The van der Waals surface area contributed by atoms with E-state index >= 15 is 0 Å². The van der Waals surface area contributed by atoms with E-state index in [2.05, 4.69) is 29.2 Å². The summed E-state index contributed by atoms with van der Waals surface area (Å²) in [4.78, 5) is 2.66. The number of hydrogen-bond acceptors (Lipinski definition) is 4. The van der Waals surface area contributed by atoms with Crippen molar-refractivity contribution in [3.8, 4) is 5.75 Å². The Kier molecular flexibility index (Phi) is 6.88. The fourth-order valence-electron chi connectivity index (χ4n) is 3.39. The zero-order chi connectivity index (χ0) is 20.0. The highest BCUT2D eigenvalue weighted by Gasteiger charge is 2.28. The second kappa shape index (κ2) is 9.37. The summed E-state index contributed by atoms with van der Waals surface area (Å²) >= 11 is 0. The van der Waals surface area contributed by atoms with E-state index in [0.717, 1.165) is 31.6 Å². The average Bonchev–Trinajstić information content (AvgIpc) is 2.72. The molecule has 0 aromatic heterocycles. The van der Waals surface area contributed by atoms with Crippen LogP contribution in [0.1, 0.15) is 17.5 Å². The topological polar surface area (TPSA) is 49.9 Å². The number of ether oxygens (including phenoxy) is 1. The molecule has 1 saturated heterocycles. The van der Waals surface area contributed by atoms with Gasteiger partial charge in [-0.05, 0) is 42.7 Å². The first-order valence-corrected chi connectivity index (χ1v) is 11.0. The van der Waals surface area contributed by atoms with E-state index in [1.165, 1.54) is 5.56 Å². The molecule has 0 atom stereocenters. The molecule has 0 amide bonds. The first-order chi connectivity index (χ1) is 13.5. The van der Waals surface area contributed by atoms with Gasteiger partial charge in [-0.3, -0.25) is 0 Å². The monoisotopic (exact) mass is 400 g/mol. The first kappa shape index (κ1) is 20.6. The second-order valence-corrected chi connectivity index (χ2v) is 8.92. The van der Waals surface area contributed by atoms with Gasteiger partial charge in [-0.25, -0.2) is 8.42 Å². The van der Waals surface area contributed by atoms with Crippen LogP contribution in [0.25, 0.3) is 6.08 Å². The van der Waals surface area contributed by atoms with Crippen LogP contribution in [0, 0.1) is 6.92 Å². The Labute approximate surface area is 168 Å². The maximum atomic E-state index is 12.9. The van der Waals surface area contributed by atoms with Gasteiger partial charge >= 0.3 is 0 Å². The number of sulfonamides is 1. The number of hydrogen-bond donors (Lipinski definition) is 0. The number of methoxy groups -OCH3 is 1. The van der Waals surface area contributed by atoms with Crippen LogP contribution in [0.15, 0.2) is 59.5 Å². The van der Waals surface area contributed by atoms with Crippen LogP contribution >= 0.6 is 0 Å². The summed E-state index contributed by atoms with van der Waals surface area (Å²) in [6.07, 6.45) is 5.27. The van der Waals surface area contributed by atoms with Crippen LogP contribution in [-0.4, -0.2) is 57.5 Å². The third-order valence-corrected chi connectivity index (χ3v) is 6.95. The summed E-state index contributed by atoms with van der Waals surface area (Å²) in [6.45, 7) is 5.37. The molecule has 1 fully saturated rings. The lowest BCUT2D eigenvalue weighted by atomic mass is 10.2. The summed E-state index contributed by atoms with van der Waals surface area (Å²) in [5.41, 5.74) is 2.03. The van der Waals surface area contributed by atoms with E-state index in [9.17, 15) is 8.42 Å². The Hall–Kier alpha value is -2.15. The molecule has 1 heterocycles. The van der Waals surface area contributed by atoms with Crippen molar-refractivity contribution < 1.29 is 13.2 Å². The van der Waals surface area contributed by atoms with Crippen molar-refractivity contribution in [2.45, 2.75) is 18.2 Å². The normalized spacial score (nSPS) is 16.5. The van der Waals surface area contributed by atoms with Crippen molar-refractivity contribution in [3.05, 3.63) is 65.7 Å². The number of benzene rings is 2. The molecular weight excluding hydrogens is 372 g/mol. The quantitative estimate of drug-likeness (QED) is 0.715. The summed E-state index contributed by atoms with van der Waals surface area (Å²) in [7, 11) is -1.87.